The first kappa shape index (κ1) is 22.1. The molecular formula is C28H26N2O3. The fourth-order valence-corrected chi connectivity index (χ4v) is 3.38. The molecule has 0 unspecified atom stereocenters. The molecule has 0 aliphatic heterocycles. The van der Waals surface area contributed by atoms with Crippen molar-refractivity contribution in [2.75, 3.05) is 6.61 Å². The molecule has 1 amide bonds. The Morgan fingerprint density at radius 2 is 1.55 bits per heavy atom. The van der Waals surface area contributed by atoms with Crippen LogP contribution in [0.3, 0.4) is 0 Å². The van der Waals surface area contributed by atoms with Gasteiger partial charge in [0.25, 0.3) is 5.91 Å². The highest BCUT2D eigenvalue weighted by molar-refractivity contribution is 5.95. The van der Waals surface area contributed by atoms with Crippen molar-refractivity contribution in [3.8, 4) is 11.5 Å². The number of hydrogen-bond acceptors (Lipinski definition) is 4. The van der Waals surface area contributed by atoms with Crippen LogP contribution in [0.25, 0.3) is 10.8 Å². The molecule has 4 aromatic carbocycles. The molecule has 4 rings (SSSR count). The van der Waals surface area contributed by atoms with Crippen molar-refractivity contribution < 1.29 is 14.3 Å². The number of carbonyl (C=O) groups excluding carboxylic acids is 1. The van der Waals surface area contributed by atoms with E-state index < -0.39 is 0 Å². The van der Waals surface area contributed by atoms with Gasteiger partial charge in [0.15, 0.2) is 0 Å². The molecule has 0 saturated heterocycles. The van der Waals surface area contributed by atoms with Gasteiger partial charge in [0.1, 0.15) is 18.1 Å². The molecule has 0 fully saturated rings. The molecule has 4 aromatic rings. The Labute approximate surface area is 193 Å². The van der Waals surface area contributed by atoms with Gasteiger partial charge in [-0.05, 0) is 76.9 Å². The predicted octanol–water partition coefficient (Wildman–Crippen LogP) is 5.97. The van der Waals surface area contributed by atoms with Crippen LogP contribution >= 0.6 is 0 Å². The highest BCUT2D eigenvalue weighted by Gasteiger charge is 2.05. The zero-order valence-corrected chi connectivity index (χ0v) is 18.5. The normalized spacial score (nSPS) is 10.9. The molecule has 0 heterocycles. The van der Waals surface area contributed by atoms with Crippen LogP contribution in [0.1, 0.15) is 34.8 Å². The summed E-state index contributed by atoms with van der Waals surface area (Å²) in [5.74, 6) is 1.25. The van der Waals surface area contributed by atoms with Gasteiger partial charge in [-0.2, -0.15) is 5.10 Å². The molecule has 0 aliphatic rings. The molecule has 33 heavy (non-hydrogen) atoms. The molecule has 5 nitrogen and oxygen atoms in total. The maximum atomic E-state index is 12.2. The fraction of sp³-hybridized carbons (Fsp3) is 0.143. The van der Waals surface area contributed by atoms with Crippen molar-refractivity contribution in [1.29, 1.82) is 0 Å². The third-order valence-electron chi connectivity index (χ3n) is 5.12. The second-order valence-electron chi connectivity index (χ2n) is 7.57. The average molecular weight is 439 g/mol. The molecule has 0 spiro atoms. The first-order chi connectivity index (χ1) is 16.2. The van der Waals surface area contributed by atoms with Crippen molar-refractivity contribution in [3.05, 3.63) is 108 Å². The minimum atomic E-state index is -0.275. The third-order valence-corrected chi connectivity index (χ3v) is 5.12. The number of ether oxygens (including phenoxy) is 2. The van der Waals surface area contributed by atoms with Crippen LogP contribution in [0, 0.1) is 0 Å². The molecule has 0 aromatic heterocycles. The molecule has 0 radical (unpaired) electrons. The lowest BCUT2D eigenvalue weighted by molar-refractivity contribution is 0.0955. The summed E-state index contributed by atoms with van der Waals surface area (Å²) in [6.45, 7) is 3.20. The quantitative estimate of drug-likeness (QED) is 0.259. The highest BCUT2D eigenvalue weighted by Crippen LogP contribution is 2.21. The number of nitrogens with zero attached hydrogens (tertiary/aromatic N) is 1. The Morgan fingerprint density at radius 3 is 2.33 bits per heavy atom. The van der Waals surface area contributed by atoms with Crippen LogP contribution < -0.4 is 14.9 Å². The van der Waals surface area contributed by atoms with Crippen LogP contribution in [-0.4, -0.2) is 18.7 Å². The molecular weight excluding hydrogens is 412 g/mol. The summed E-state index contributed by atoms with van der Waals surface area (Å²) in [7, 11) is 0. The van der Waals surface area contributed by atoms with E-state index in [4.69, 9.17) is 9.47 Å². The van der Waals surface area contributed by atoms with Gasteiger partial charge in [0, 0.05) is 5.56 Å². The zero-order valence-electron chi connectivity index (χ0n) is 18.5. The third kappa shape index (κ3) is 5.98. The minimum Gasteiger partial charge on any atom is -0.494 e. The van der Waals surface area contributed by atoms with Gasteiger partial charge >= 0.3 is 0 Å². The maximum absolute atomic E-state index is 12.2. The number of fused-ring (bicyclic) bond motifs is 1. The smallest absolute Gasteiger partial charge is 0.271 e. The van der Waals surface area contributed by atoms with E-state index in [2.05, 4.69) is 34.8 Å². The lowest BCUT2D eigenvalue weighted by Crippen LogP contribution is -2.17. The lowest BCUT2D eigenvalue weighted by atomic mass is 10.1. The van der Waals surface area contributed by atoms with Gasteiger partial charge in [-0.15, -0.1) is 0 Å². The van der Waals surface area contributed by atoms with Crippen LogP contribution in [0.15, 0.2) is 96.1 Å². The first-order valence-corrected chi connectivity index (χ1v) is 11.0. The van der Waals surface area contributed by atoms with E-state index in [0.29, 0.717) is 18.8 Å². The van der Waals surface area contributed by atoms with Gasteiger partial charge < -0.3 is 9.47 Å². The highest BCUT2D eigenvalue weighted by atomic mass is 16.5. The molecule has 0 atom stereocenters. The van der Waals surface area contributed by atoms with E-state index in [1.54, 1.807) is 30.5 Å². The summed E-state index contributed by atoms with van der Waals surface area (Å²) in [6.07, 6.45) is 2.54. The van der Waals surface area contributed by atoms with Crippen molar-refractivity contribution >= 4 is 22.9 Å². The molecule has 0 aliphatic carbocycles. The molecule has 166 valence electrons. The summed E-state index contributed by atoms with van der Waals surface area (Å²) in [5.41, 5.74) is 5.07. The van der Waals surface area contributed by atoms with Gasteiger partial charge in [-0.25, -0.2) is 5.43 Å². The van der Waals surface area contributed by atoms with E-state index >= 15 is 0 Å². The topological polar surface area (TPSA) is 59.9 Å². The molecule has 1 N–H and O–H groups in total. The predicted molar refractivity (Wildman–Crippen MR) is 132 cm³/mol. The number of benzene rings is 4. The Balaban J connectivity index is 1.29. The number of carbonyl (C=O) groups is 1. The van der Waals surface area contributed by atoms with E-state index in [9.17, 15) is 4.79 Å². The SMILES string of the molecule is CCCOc1ccc(C(=O)N/N=C/c2ccc(OCc3cccc4ccccc34)cc2)cc1. The van der Waals surface area contributed by atoms with E-state index in [1.807, 2.05) is 49.4 Å². The van der Waals surface area contributed by atoms with Crippen molar-refractivity contribution in [2.24, 2.45) is 5.10 Å². The second-order valence-corrected chi connectivity index (χ2v) is 7.57. The van der Waals surface area contributed by atoms with Crippen LogP contribution in [0.2, 0.25) is 0 Å². The Morgan fingerprint density at radius 1 is 0.848 bits per heavy atom. The molecule has 0 bridgehead atoms. The Bertz CT molecular complexity index is 1230. The van der Waals surface area contributed by atoms with E-state index in [0.717, 1.165) is 29.0 Å². The van der Waals surface area contributed by atoms with E-state index in [-0.39, 0.29) is 5.91 Å². The van der Waals surface area contributed by atoms with Crippen molar-refractivity contribution in [2.45, 2.75) is 20.0 Å². The summed E-state index contributed by atoms with van der Waals surface area (Å²) >= 11 is 0. The minimum absolute atomic E-state index is 0.275. The van der Waals surface area contributed by atoms with Crippen molar-refractivity contribution in [3.63, 3.8) is 0 Å². The number of rotatable bonds is 9. The van der Waals surface area contributed by atoms with Crippen LogP contribution in [-0.2, 0) is 6.61 Å². The van der Waals surface area contributed by atoms with Gasteiger partial charge in [0.2, 0.25) is 0 Å². The van der Waals surface area contributed by atoms with E-state index in [1.165, 1.54) is 10.8 Å². The zero-order chi connectivity index (χ0) is 22.9. The Hall–Kier alpha value is -4.12. The van der Waals surface area contributed by atoms with Crippen LogP contribution in [0.5, 0.6) is 11.5 Å². The summed E-state index contributed by atoms with van der Waals surface area (Å²) in [4.78, 5) is 12.2. The molecule has 0 saturated carbocycles. The largest absolute Gasteiger partial charge is 0.494 e. The second kappa shape index (κ2) is 11.0. The molecule has 5 heteroatoms. The monoisotopic (exact) mass is 438 g/mol. The Kier molecular flexibility index (Phi) is 7.33. The standard InChI is InChI=1S/C28H26N2O3/c1-2-18-32-25-16-12-23(13-17-25)28(31)30-29-19-21-10-14-26(15-11-21)33-20-24-8-5-7-22-6-3-4-9-27(22)24/h3-17,19H,2,18,20H2,1H3,(H,30,31)/b29-19+. The van der Waals surface area contributed by atoms with Gasteiger partial charge in [-0.3, -0.25) is 4.79 Å². The summed E-state index contributed by atoms with van der Waals surface area (Å²) in [5, 5.41) is 6.45. The number of hydrogen-bond donors (Lipinski definition) is 1. The van der Waals surface area contributed by atoms with Crippen LogP contribution in [0.4, 0.5) is 0 Å². The maximum Gasteiger partial charge on any atom is 0.271 e. The number of amides is 1. The number of hydrazone groups is 1. The van der Waals surface area contributed by atoms with Crippen molar-refractivity contribution in [1.82, 2.24) is 5.43 Å². The first-order valence-electron chi connectivity index (χ1n) is 11.0. The fourth-order valence-electron chi connectivity index (χ4n) is 3.38. The lowest BCUT2D eigenvalue weighted by Gasteiger charge is -2.09. The summed E-state index contributed by atoms with van der Waals surface area (Å²) < 4.78 is 11.5. The average Bonchev–Trinajstić information content (AvgIpc) is 2.87. The van der Waals surface area contributed by atoms with Gasteiger partial charge in [0.05, 0.1) is 12.8 Å². The summed E-state index contributed by atoms with van der Waals surface area (Å²) in [6, 6.07) is 29.1. The number of nitrogens with one attached hydrogen (secondary N) is 1. The van der Waals surface area contributed by atoms with Gasteiger partial charge in [-0.1, -0.05) is 49.4 Å².